The molecule has 0 saturated carbocycles. The van der Waals surface area contributed by atoms with Crippen LogP contribution in [-0.4, -0.2) is 7.11 Å². The monoisotopic (exact) mass is 278 g/mol. The SMILES string of the molecule is COc1cc(C)cc(C)c1C(CC(C)C(C)(C)C)NN. The van der Waals surface area contributed by atoms with Gasteiger partial charge < -0.3 is 4.74 Å². The van der Waals surface area contributed by atoms with Gasteiger partial charge in [0.1, 0.15) is 5.75 Å². The molecule has 0 spiro atoms. The molecule has 0 radical (unpaired) electrons. The van der Waals surface area contributed by atoms with E-state index in [1.165, 1.54) is 16.7 Å². The van der Waals surface area contributed by atoms with Crippen molar-refractivity contribution in [3.05, 3.63) is 28.8 Å². The average Bonchev–Trinajstić information content (AvgIpc) is 2.34. The molecule has 2 atom stereocenters. The van der Waals surface area contributed by atoms with Gasteiger partial charge in [0.2, 0.25) is 0 Å². The first-order valence-corrected chi connectivity index (χ1v) is 7.32. The van der Waals surface area contributed by atoms with Crippen molar-refractivity contribution in [1.29, 1.82) is 0 Å². The molecular weight excluding hydrogens is 248 g/mol. The first kappa shape index (κ1) is 17.0. The second-order valence-electron chi connectivity index (χ2n) is 6.92. The van der Waals surface area contributed by atoms with Crippen molar-refractivity contribution in [2.24, 2.45) is 17.2 Å². The third kappa shape index (κ3) is 3.97. The highest BCUT2D eigenvalue weighted by Crippen LogP contribution is 2.37. The van der Waals surface area contributed by atoms with Crippen molar-refractivity contribution < 1.29 is 4.74 Å². The normalized spacial score (nSPS) is 15.0. The minimum atomic E-state index is 0.111. The molecule has 0 aromatic heterocycles. The highest BCUT2D eigenvalue weighted by atomic mass is 16.5. The molecule has 20 heavy (non-hydrogen) atoms. The summed E-state index contributed by atoms with van der Waals surface area (Å²) < 4.78 is 5.56. The lowest BCUT2D eigenvalue weighted by Gasteiger charge is -2.32. The molecule has 0 aliphatic rings. The fraction of sp³-hybridized carbons (Fsp3) is 0.647. The zero-order valence-electron chi connectivity index (χ0n) is 14.0. The standard InChI is InChI=1S/C17H30N2O/c1-11-8-12(2)16(15(9-11)20-7)14(19-18)10-13(3)17(4,5)6/h8-9,13-14,19H,10,18H2,1-7H3. The van der Waals surface area contributed by atoms with Crippen molar-refractivity contribution in [2.45, 2.75) is 54.0 Å². The molecule has 2 unspecified atom stereocenters. The van der Waals surface area contributed by atoms with Crippen LogP contribution in [0.4, 0.5) is 0 Å². The van der Waals surface area contributed by atoms with Gasteiger partial charge in [-0.1, -0.05) is 33.8 Å². The van der Waals surface area contributed by atoms with E-state index in [0.717, 1.165) is 12.2 Å². The van der Waals surface area contributed by atoms with Crippen LogP contribution in [0.3, 0.4) is 0 Å². The summed E-state index contributed by atoms with van der Waals surface area (Å²) in [5.41, 5.74) is 6.86. The minimum Gasteiger partial charge on any atom is -0.496 e. The maximum atomic E-state index is 5.82. The lowest BCUT2D eigenvalue weighted by atomic mass is 9.77. The predicted octanol–water partition coefficient (Wildman–Crippen LogP) is 3.89. The zero-order chi connectivity index (χ0) is 15.5. The Morgan fingerprint density at radius 1 is 1.25 bits per heavy atom. The molecule has 1 aromatic carbocycles. The van der Waals surface area contributed by atoms with E-state index in [4.69, 9.17) is 10.6 Å². The van der Waals surface area contributed by atoms with E-state index in [1.807, 2.05) is 0 Å². The number of ether oxygens (including phenoxy) is 1. The zero-order valence-corrected chi connectivity index (χ0v) is 14.0. The van der Waals surface area contributed by atoms with Crippen LogP contribution in [0.25, 0.3) is 0 Å². The van der Waals surface area contributed by atoms with E-state index in [-0.39, 0.29) is 11.5 Å². The molecule has 0 heterocycles. The van der Waals surface area contributed by atoms with E-state index in [0.29, 0.717) is 5.92 Å². The Hall–Kier alpha value is -1.06. The Balaban J connectivity index is 3.13. The lowest BCUT2D eigenvalue weighted by Crippen LogP contribution is -2.32. The van der Waals surface area contributed by atoms with E-state index in [9.17, 15) is 0 Å². The second kappa shape index (κ2) is 6.59. The molecule has 0 amide bonds. The Labute approximate surface area is 123 Å². The van der Waals surface area contributed by atoms with Gasteiger partial charge in [0.25, 0.3) is 0 Å². The summed E-state index contributed by atoms with van der Waals surface area (Å²) in [6.45, 7) is 13.3. The summed E-state index contributed by atoms with van der Waals surface area (Å²) in [4.78, 5) is 0. The average molecular weight is 278 g/mol. The third-order valence-corrected chi connectivity index (χ3v) is 4.33. The number of aryl methyl sites for hydroxylation is 2. The highest BCUT2D eigenvalue weighted by molar-refractivity contribution is 5.45. The van der Waals surface area contributed by atoms with Gasteiger partial charge in [-0.15, -0.1) is 0 Å². The van der Waals surface area contributed by atoms with Gasteiger partial charge in [0.15, 0.2) is 0 Å². The minimum absolute atomic E-state index is 0.111. The molecule has 1 rings (SSSR count). The molecule has 3 nitrogen and oxygen atoms in total. The topological polar surface area (TPSA) is 47.3 Å². The molecule has 0 saturated heterocycles. The van der Waals surface area contributed by atoms with E-state index < -0.39 is 0 Å². The second-order valence-corrected chi connectivity index (χ2v) is 6.92. The van der Waals surface area contributed by atoms with E-state index in [2.05, 4.69) is 59.1 Å². The van der Waals surface area contributed by atoms with E-state index in [1.54, 1.807) is 7.11 Å². The molecule has 3 N–H and O–H groups in total. The van der Waals surface area contributed by atoms with Crippen LogP contribution in [0.1, 0.15) is 56.8 Å². The van der Waals surface area contributed by atoms with Gasteiger partial charge in [-0.25, -0.2) is 0 Å². The number of nitrogens with two attached hydrogens (primary N) is 1. The molecule has 0 aliphatic heterocycles. The largest absolute Gasteiger partial charge is 0.496 e. The maximum absolute atomic E-state index is 5.82. The highest BCUT2D eigenvalue weighted by Gasteiger charge is 2.26. The Bertz CT molecular complexity index is 449. The first-order valence-electron chi connectivity index (χ1n) is 7.32. The van der Waals surface area contributed by atoms with Gasteiger partial charge >= 0.3 is 0 Å². The summed E-state index contributed by atoms with van der Waals surface area (Å²) in [6.07, 6.45) is 0.986. The van der Waals surface area contributed by atoms with Crippen LogP contribution in [-0.2, 0) is 0 Å². The van der Waals surface area contributed by atoms with Crippen molar-refractivity contribution in [3.63, 3.8) is 0 Å². The van der Waals surface area contributed by atoms with Crippen LogP contribution >= 0.6 is 0 Å². The van der Waals surface area contributed by atoms with Gasteiger partial charge in [-0.2, -0.15) is 0 Å². The molecule has 3 heteroatoms. The Morgan fingerprint density at radius 3 is 2.30 bits per heavy atom. The summed E-state index contributed by atoms with van der Waals surface area (Å²) in [6, 6.07) is 4.37. The molecular formula is C17H30N2O. The van der Waals surface area contributed by atoms with Crippen molar-refractivity contribution in [1.82, 2.24) is 5.43 Å². The number of methoxy groups -OCH3 is 1. The number of nitrogens with one attached hydrogen (secondary N) is 1. The number of hydrazine groups is 1. The van der Waals surface area contributed by atoms with Gasteiger partial charge in [0, 0.05) is 5.56 Å². The van der Waals surface area contributed by atoms with Crippen LogP contribution in [0.15, 0.2) is 12.1 Å². The Kier molecular flexibility index (Phi) is 5.60. The van der Waals surface area contributed by atoms with E-state index >= 15 is 0 Å². The molecule has 0 bridgehead atoms. The number of benzene rings is 1. The molecule has 1 aromatic rings. The quantitative estimate of drug-likeness (QED) is 0.634. The van der Waals surface area contributed by atoms with Crippen LogP contribution in [0.2, 0.25) is 0 Å². The summed E-state index contributed by atoms with van der Waals surface area (Å²) >= 11 is 0. The summed E-state index contributed by atoms with van der Waals surface area (Å²) in [5.74, 6) is 7.29. The van der Waals surface area contributed by atoms with Gasteiger partial charge in [-0.3, -0.25) is 11.3 Å². The Morgan fingerprint density at radius 2 is 1.85 bits per heavy atom. The number of hydrogen-bond donors (Lipinski definition) is 2. The molecule has 114 valence electrons. The van der Waals surface area contributed by atoms with Crippen molar-refractivity contribution in [3.8, 4) is 5.75 Å². The molecule has 0 fully saturated rings. The van der Waals surface area contributed by atoms with Crippen molar-refractivity contribution >= 4 is 0 Å². The predicted molar refractivity (Wildman–Crippen MR) is 85.8 cm³/mol. The first-order chi connectivity index (χ1) is 9.20. The van der Waals surface area contributed by atoms with Gasteiger partial charge in [0.05, 0.1) is 13.2 Å². The van der Waals surface area contributed by atoms with Crippen LogP contribution in [0, 0.1) is 25.2 Å². The summed E-state index contributed by atoms with van der Waals surface area (Å²) in [7, 11) is 1.72. The van der Waals surface area contributed by atoms with Crippen LogP contribution in [0.5, 0.6) is 5.75 Å². The number of rotatable bonds is 5. The lowest BCUT2D eigenvalue weighted by molar-refractivity contribution is 0.222. The fourth-order valence-electron chi connectivity index (χ4n) is 2.53. The molecule has 0 aliphatic carbocycles. The summed E-state index contributed by atoms with van der Waals surface area (Å²) in [5, 5.41) is 0. The fourth-order valence-corrected chi connectivity index (χ4v) is 2.53. The number of hydrogen-bond acceptors (Lipinski definition) is 3. The van der Waals surface area contributed by atoms with Crippen LogP contribution < -0.4 is 16.0 Å². The third-order valence-electron chi connectivity index (χ3n) is 4.33. The maximum Gasteiger partial charge on any atom is 0.124 e. The smallest absolute Gasteiger partial charge is 0.124 e. The van der Waals surface area contributed by atoms with Crippen molar-refractivity contribution in [2.75, 3.05) is 7.11 Å². The van der Waals surface area contributed by atoms with Gasteiger partial charge in [-0.05, 0) is 48.8 Å².